The van der Waals surface area contributed by atoms with Crippen LogP contribution in [0.15, 0.2) is 85.1 Å². The molecule has 3 aromatic carbocycles. The number of aromatic nitrogens is 1. The topological polar surface area (TPSA) is 73.5 Å². The van der Waals surface area contributed by atoms with Crippen LogP contribution in [-0.2, 0) is 4.79 Å². The summed E-state index contributed by atoms with van der Waals surface area (Å²) in [5.74, 6) is -2.18. The third kappa shape index (κ3) is 3.85. The highest BCUT2D eigenvalue weighted by molar-refractivity contribution is 6.44. The van der Waals surface area contributed by atoms with Gasteiger partial charge < -0.3 is 14.8 Å². The summed E-state index contributed by atoms with van der Waals surface area (Å²) in [6.45, 7) is 0.643. The van der Waals surface area contributed by atoms with E-state index in [0.717, 1.165) is 5.56 Å². The minimum Gasteiger partial charge on any atom is -0.360 e. The van der Waals surface area contributed by atoms with Crippen molar-refractivity contribution in [2.75, 3.05) is 19.6 Å². The molecule has 1 atom stereocenters. The van der Waals surface area contributed by atoms with E-state index in [9.17, 15) is 18.8 Å². The minimum atomic E-state index is -0.772. The Morgan fingerprint density at radius 2 is 1.56 bits per heavy atom. The van der Waals surface area contributed by atoms with Crippen LogP contribution in [0.25, 0.3) is 10.9 Å². The second kappa shape index (κ2) is 8.94. The number of carbonyl (C=O) groups excluding carboxylic acids is 3. The zero-order valence-corrected chi connectivity index (χ0v) is 18.3. The lowest BCUT2D eigenvalue weighted by atomic mass is 10.00. The predicted octanol–water partition coefficient (Wildman–Crippen LogP) is 4.22. The molecule has 0 aliphatic carbocycles. The maximum atomic E-state index is 14.4. The molecule has 1 aromatic heterocycles. The fourth-order valence-electron chi connectivity index (χ4n) is 4.50. The van der Waals surface area contributed by atoms with Gasteiger partial charge in [-0.2, -0.15) is 0 Å². The molecule has 7 heteroatoms. The van der Waals surface area contributed by atoms with Gasteiger partial charge in [-0.05, 0) is 29.8 Å². The van der Waals surface area contributed by atoms with Gasteiger partial charge in [0, 0.05) is 42.3 Å². The number of piperazine rings is 1. The highest BCUT2D eigenvalue weighted by Gasteiger charge is 2.36. The van der Waals surface area contributed by atoms with Crippen LogP contribution in [0.5, 0.6) is 0 Å². The van der Waals surface area contributed by atoms with E-state index in [4.69, 9.17) is 0 Å². The van der Waals surface area contributed by atoms with Gasteiger partial charge in [0.2, 0.25) is 0 Å². The number of H-pyrrole nitrogens is 1. The normalized spacial score (nSPS) is 16.0. The molecule has 0 saturated carbocycles. The smallest absolute Gasteiger partial charge is 0.295 e. The van der Waals surface area contributed by atoms with Crippen LogP contribution in [0, 0.1) is 5.82 Å². The van der Waals surface area contributed by atoms with Gasteiger partial charge in [-0.15, -0.1) is 0 Å². The van der Waals surface area contributed by atoms with Crippen molar-refractivity contribution in [1.82, 2.24) is 14.8 Å². The number of nitrogens with zero attached hydrogens (tertiary/aromatic N) is 2. The zero-order chi connectivity index (χ0) is 23.7. The molecule has 1 saturated heterocycles. The van der Waals surface area contributed by atoms with E-state index in [1.807, 2.05) is 48.5 Å². The van der Waals surface area contributed by atoms with E-state index in [1.54, 1.807) is 23.1 Å². The van der Waals surface area contributed by atoms with Crippen LogP contribution >= 0.6 is 0 Å². The third-order valence-corrected chi connectivity index (χ3v) is 6.23. The Morgan fingerprint density at radius 1 is 0.853 bits per heavy atom. The molecule has 34 heavy (non-hydrogen) atoms. The molecule has 6 nitrogen and oxygen atoms in total. The summed E-state index contributed by atoms with van der Waals surface area (Å²) in [6.07, 6.45) is 1.37. The molecule has 2 amide bonds. The zero-order valence-electron chi connectivity index (χ0n) is 18.3. The van der Waals surface area contributed by atoms with Crippen molar-refractivity contribution in [1.29, 1.82) is 0 Å². The van der Waals surface area contributed by atoms with Gasteiger partial charge in [-0.1, -0.05) is 54.6 Å². The SMILES string of the molecule is O=C(C(=O)N1CCN(C(=O)c2ccccc2)[C@@H](c2ccccc2)C1)c1c[nH]c2cccc(F)c12. The number of fused-ring (bicyclic) bond motifs is 1. The van der Waals surface area contributed by atoms with Crippen molar-refractivity contribution in [2.45, 2.75) is 6.04 Å². The van der Waals surface area contributed by atoms with Gasteiger partial charge in [0.15, 0.2) is 0 Å². The second-order valence-electron chi connectivity index (χ2n) is 8.24. The predicted molar refractivity (Wildman–Crippen MR) is 126 cm³/mol. The van der Waals surface area contributed by atoms with E-state index in [1.165, 1.54) is 23.2 Å². The summed E-state index contributed by atoms with van der Waals surface area (Å²) >= 11 is 0. The van der Waals surface area contributed by atoms with Gasteiger partial charge in [0.05, 0.1) is 11.6 Å². The number of rotatable bonds is 4. The summed E-state index contributed by atoms with van der Waals surface area (Å²) < 4.78 is 14.4. The summed E-state index contributed by atoms with van der Waals surface area (Å²) in [5.41, 5.74) is 1.90. The first-order valence-corrected chi connectivity index (χ1v) is 11.0. The maximum absolute atomic E-state index is 14.4. The number of aromatic amines is 1. The van der Waals surface area contributed by atoms with Crippen molar-refractivity contribution < 1.29 is 18.8 Å². The van der Waals surface area contributed by atoms with Gasteiger partial charge in [-0.25, -0.2) is 4.39 Å². The maximum Gasteiger partial charge on any atom is 0.295 e. The van der Waals surface area contributed by atoms with Gasteiger partial charge in [0.1, 0.15) is 5.82 Å². The summed E-state index contributed by atoms with van der Waals surface area (Å²) in [4.78, 5) is 45.6. The van der Waals surface area contributed by atoms with Crippen molar-refractivity contribution in [2.24, 2.45) is 0 Å². The quantitative estimate of drug-likeness (QED) is 0.370. The summed E-state index contributed by atoms with van der Waals surface area (Å²) in [6, 6.07) is 22.5. The Kier molecular flexibility index (Phi) is 5.67. The average Bonchev–Trinajstić information content (AvgIpc) is 3.34. The number of Topliss-reactive ketones (excluding diaryl/α,β-unsaturated/α-hetero) is 1. The van der Waals surface area contributed by atoms with Crippen LogP contribution in [-0.4, -0.2) is 52.0 Å². The number of carbonyl (C=O) groups is 3. The molecule has 4 aromatic rings. The lowest BCUT2D eigenvalue weighted by Crippen LogP contribution is -2.53. The van der Waals surface area contributed by atoms with Gasteiger partial charge in [0.25, 0.3) is 17.6 Å². The van der Waals surface area contributed by atoms with E-state index in [-0.39, 0.29) is 36.5 Å². The number of hydrogen-bond donors (Lipinski definition) is 1. The van der Waals surface area contributed by atoms with E-state index >= 15 is 0 Å². The lowest BCUT2D eigenvalue weighted by Gasteiger charge is -2.41. The monoisotopic (exact) mass is 455 g/mol. The number of benzene rings is 3. The molecular weight excluding hydrogens is 433 g/mol. The van der Waals surface area contributed by atoms with Crippen molar-refractivity contribution in [3.63, 3.8) is 0 Å². The molecule has 1 aliphatic heterocycles. The Hall–Kier alpha value is -4.26. The van der Waals surface area contributed by atoms with Gasteiger partial charge in [-0.3, -0.25) is 14.4 Å². The standard InChI is InChI=1S/C27H22FN3O3/c28-21-12-7-13-22-24(21)20(16-29-22)25(32)27(34)30-14-15-31(26(33)19-10-5-2-6-11-19)23(17-30)18-8-3-1-4-9-18/h1-13,16,23,29H,14-15,17H2/t23-/m1/s1. The molecule has 170 valence electrons. The molecule has 1 N–H and O–H groups in total. The van der Waals surface area contributed by atoms with E-state index < -0.39 is 23.5 Å². The summed E-state index contributed by atoms with van der Waals surface area (Å²) in [7, 11) is 0. The number of halogens is 1. The van der Waals surface area contributed by atoms with E-state index in [0.29, 0.717) is 11.1 Å². The molecule has 0 bridgehead atoms. The van der Waals surface area contributed by atoms with Crippen LogP contribution in [0.1, 0.15) is 32.3 Å². The van der Waals surface area contributed by atoms with Crippen molar-refractivity contribution in [3.8, 4) is 0 Å². The number of hydrogen-bond acceptors (Lipinski definition) is 3. The Labute approximate surface area is 195 Å². The molecule has 0 unspecified atom stereocenters. The van der Waals surface area contributed by atoms with Crippen molar-refractivity contribution in [3.05, 3.63) is 108 Å². The molecule has 1 fully saturated rings. The van der Waals surface area contributed by atoms with Crippen LogP contribution < -0.4 is 0 Å². The first kappa shape index (κ1) is 21.6. The van der Waals surface area contributed by atoms with Crippen molar-refractivity contribution >= 4 is 28.5 Å². The average molecular weight is 455 g/mol. The highest BCUT2D eigenvalue weighted by atomic mass is 19.1. The molecule has 0 radical (unpaired) electrons. The Balaban J connectivity index is 1.43. The largest absolute Gasteiger partial charge is 0.360 e. The van der Waals surface area contributed by atoms with Crippen LogP contribution in [0.3, 0.4) is 0 Å². The fourth-order valence-corrected chi connectivity index (χ4v) is 4.50. The van der Waals surface area contributed by atoms with E-state index in [2.05, 4.69) is 4.98 Å². The van der Waals surface area contributed by atoms with Gasteiger partial charge >= 0.3 is 0 Å². The third-order valence-electron chi connectivity index (χ3n) is 6.23. The number of ketones is 1. The fraction of sp³-hybridized carbons (Fsp3) is 0.148. The van der Waals surface area contributed by atoms with Crippen LogP contribution in [0.4, 0.5) is 4.39 Å². The number of nitrogens with one attached hydrogen (secondary N) is 1. The molecule has 0 spiro atoms. The van der Waals surface area contributed by atoms with Crippen LogP contribution in [0.2, 0.25) is 0 Å². The molecule has 2 heterocycles. The minimum absolute atomic E-state index is 0.0113. The number of amides is 2. The summed E-state index contributed by atoms with van der Waals surface area (Å²) in [5, 5.41) is 0.110. The molecule has 1 aliphatic rings. The first-order valence-electron chi connectivity index (χ1n) is 11.0. The second-order valence-corrected chi connectivity index (χ2v) is 8.24. The Bertz CT molecular complexity index is 1370. The highest BCUT2D eigenvalue weighted by Crippen LogP contribution is 2.28. The first-order chi connectivity index (χ1) is 16.5. The Morgan fingerprint density at radius 3 is 2.29 bits per heavy atom. The molecular formula is C27H22FN3O3. The lowest BCUT2D eigenvalue weighted by molar-refractivity contribution is -0.129. The molecule has 5 rings (SSSR count).